The Bertz CT molecular complexity index is 1270. The Balaban J connectivity index is 2.09. The molecule has 34 heavy (non-hydrogen) atoms. The third kappa shape index (κ3) is 4.16. The molecule has 1 N–H and O–H groups in total. The van der Waals surface area contributed by atoms with Crippen molar-refractivity contribution < 1.29 is 36.9 Å². The summed E-state index contributed by atoms with van der Waals surface area (Å²) in [5, 5.41) is 14.3. The number of fused-ring (bicyclic) bond motifs is 3. The number of nitrogens with zero attached hydrogens (tertiary/aromatic N) is 3. The summed E-state index contributed by atoms with van der Waals surface area (Å²) in [6.07, 6.45) is -5.58. The first-order chi connectivity index (χ1) is 16.1. The van der Waals surface area contributed by atoms with Gasteiger partial charge in [-0.25, -0.2) is 4.39 Å². The molecule has 180 valence electrons. The quantitative estimate of drug-likeness (QED) is 0.450. The van der Waals surface area contributed by atoms with E-state index in [1.807, 2.05) is 0 Å². The van der Waals surface area contributed by atoms with E-state index in [1.165, 1.54) is 20.3 Å². The van der Waals surface area contributed by atoms with Gasteiger partial charge in [-0.3, -0.25) is 9.36 Å². The minimum absolute atomic E-state index is 0.0522. The topological polar surface area (TPSA) is 86.5 Å². The lowest BCUT2D eigenvalue weighted by molar-refractivity contribution is -0.146. The largest absolute Gasteiger partial charge is 0.493 e. The summed E-state index contributed by atoms with van der Waals surface area (Å²) in [5.41, 5.74) is 0.0328. The molecule has 3 aromatic rings. The third-order valence-electron chi connectivity index (χ3n) is 5.17. The molecule has 13 heteroatoms. The van der Waals surface area contributed by atoms with Crippen molar-refractivity contribution >= 4 is 29.3 Å². The van der Waals surface area contributed by atoms with E-state index in [9.17, 15) is 23.1 Å². The fourth-order valence-electron chi connectivity index (χ4n) is 3.89. The molecular formula is C21H16ClF4N3O4S. The van der Waals surface area contributed by atoms with E-state index in [0.717, 1.165) is 17.8 Å². The zero-order chi connectivity index (χ0) is 24.8. The van der Waals surface area contributed by atoms with Crippen molar-refractivity contribution in [3.63, 3.8) is 0 Å². The van der Waals surface area contributed by atoms with Crippen molar-refractivity contribution in [3.8, 4) is 17.2 Å². The van der Waals surface area contributed by atoms with Crippen molar-refractivity contribution in [2.24, 2.45) is 0 Å². The number of hydrogen-bond donors (Lipinski definition) is 1. The highest BCUT2D eigenvalue weighted by molar-refractivity contribution is 8.00. The molecule has 0 spiro atoms. The maximum atomic E-state index is 15.3. The molecular weight excluding hydrogens is 502 g/mol. The van der Waals surface area contributed by atoms with Gasteiger partial charge < -0.3 is 14.6 Å². The van der Waals surface area contributed by atoms with E-state index in [-0.39, 0.29) is 22.2 Å². The zero-order valence-corrected chi connectivity index (χ0v) is 19.1. The number of carboxylic acid groups (broad SMARTS) is 1. The van der Waals surface area contributed by atoms with Crippen LogP contribution in [-0.2, 0) is 11.0 Å². The SMILES string of the molecule is COc1cccc(C2SC(CC(=O)O)c3nnc(C(F)(F)F)n3-c3c(F)cc(Cl)cc32)c1OC. The van der Waals surface area contributed by atoms with Gasteiger partial charge in [-0.15, -0.1) is 22.0 Å². The number of benzene rings is 2. The van der Waals surface area contributed by atoms with E-state index >= 15 is 4.39 Å². The van der Waals surface area contributed by atoms with Crippen molar-refractivity contribution in [1.82, 2.24) is 14.8 Å². The molecule has 0 amide bonds. The highest BCUT2D eigenvalue weighted by atomic mass is 35.5. The maximum Gasteiger partial charge on any atom is 0.452 e. The molecule has 1 aliphatic rings. The third-order valence-corrected chi connectivity index (χ3v) is 6.87. The average molecular weight is 518 g/mol. The van der Waals surface area contributed by atoms with Gasteiger partial charge in [0.25, 0.3) is 0 Å². The number of rotatable bonds is 5. The number of aliphatic carboxylic acids is 1. The van der Waals surface area contributed by atoms with Gasteiger partial charge in [-0.05, 0) is 23.8 Å². The van der Waals surface area contributed by atoms with Gasteiger partial charge in [-0.1, -0.05) is 23.7 Å². The number of alkyl halides is 3. The van der Waals surface area contributed by atoms with Crippen LogP contribution in [0.3, 0.4) is 0 Å². The van der Waals surface area contributed by atoms with E-state index < -0.39 is 46.4 Å². The predicted molar refractivity (Wildman–Crippen MR) is 115 cm³/mol. The Hall–Kier alpha value is -2.99. The smallest absolute Gasteiger partial charge is 0.452 e. The number of halogens is 5. The summed E-state index contributed by atoms with van der Waals surface area (Å²) in [7, 11) is 2.80. The Morgan fingerprint density at radius 3 is 2.56 bits per heavy atom. The van der Waals surface area contributed by atoms with Gasteiger partial charge in [0.1, 0.15) is 5.82 Å². The lowest BCUT2D eigenvalue weighted by Gasteiger charge is -2.23. The molecule has 0 aliphatic carbocycles. The number of hydrogen-bond acceptors (Lipinski definition) is 6. The second kappa shape index (κ2) is 8.99. The van der Waals surface area contributed by atoms with Crippen LogP contribution in [0.25, 0.3) is 5.69 Å². The molecule has 4 rings (SSSR count). The van der Waals surface area contributed by atoms with Gasteiger partial charge in [0.15, 0.2) is 17.3 Å². The van der Waals surface area contributed by atoms with Gasteiger partial charge in [-0.2, -0.15) is 13.2 Å². The Kier molecular flexibility index (Phi) is 6.38. The van der Waals surface area contributed by atoms with Crippen LogP contribution < -0.4 is 9.47 Å². The Labute approximate surface area is 199 Å². The Morgan fingerprint density at radius 1 is 1.21 bits per heavy atom. The van der Waals surface area contributed by atoms with Crippen LogP contribution in [0.1, 0.15) is 39.7 Å². The van der Waals surface area contributed by atoms with Crippen LogP contribution >= 0.6 is 23.4 Å². The fraction of sp³-hybridized carbons (Fsp3) is 0.286. The Morgan fingerprint density at radius 2 is 1.94 bits per heavy atom. The molecule has 0 saturated carbocycles. The van der Waals surface area contributed by atoms with E-state index in [4.69, 9.17) is 21.1 Å². The van der Waals surface area contributed by atoms with Gasteiger partial charge in [0.2, 0.25) is 5.82 Å². The molecule has 0 saturated heterocycles. The van der Waals surface area contributed by atoms with Gasteiger partial charge in [0.05, 0.1) is 36.8 Å². The second-order valence-electron chi connectivity index (χ2n) is 7.23. The van der Waals surface area contributed by atoms with E-state index in [1.54, 1.807) is 18.2 Å². The summed E-state index contributed by atoms with van der Waals surface area (Å²) in [6, 6.07) is 7.11. The van der Waals surface area contributed by atoms with Crippen LogP contribution in [-0.4, -0.2) is 40.1 Å². The van der Waals surface area contributed by atoms with Crippen LogP contribution in [0, 0.1) is 5.82 Å². The monoisotopic (exact) mass is 517 g/mol. The summed E-state index contributed by atoms with van der Waals surface area (Å²) in [5.74, 6) is -3.54. The van der Waals surface area contributed by atoms with E-state index in [0.29, 0.717) is 15.9 Å². The fourth-order valence-corrected chi connectivity index (χ4v) is 5.60. The highest BCUT2D eigenvalue weighted by Gasteiger charge is 2.44. The highest BCUT2D eigenvalue weighted by Crippen LogP contribution is 2.54. The van der Waals surface area contributed by atoms with Gasteiger partial charge in [0, 0.05) is 10.6 Å². The van der Waals surface area contributed by atoms with Crippen molar-refractivity contribution in [3.05, 3.63) is 63.9 Å². The number of methoxy groups -OCH3 is 2. The normalized spacial score (nSPS) is 17.5. The van der Waals surface area contributed by atoms with Crippen LogP contribution in [0.2, 0.25) is 5.02 Å². The molecule has 0 radical (unpaired) electrons. The van der Waals surface area contributed by atoms with Crippen molar-refractivity contribution in [2.45, 2.75) is 23.1 Å². The number of aromatic nitrogens is 3. The average Bonchev–Trinajstić information content (AvgIpc) is 3.15. The molecule has 2 atom stereocenters. The first kappa shape index (κ1) is 24.1. The zero-order valence-electron chi connectivity index (χ0n) is 17.6. The van der Waals surface area contributed by atoms with Crippen LogP contribution in [0.15, 0.2) is 30.3 Å². The minimum atomic E-state index is -4.99. The predicted octanol–water partition coefficient (Wildman–Crippen LogP) is 5.45. The molecule has 1 aliphatic heterocycles. The van der Waals surface area contributed by atoms with Gasteiger partial charge >= 0.3 is 12.1 Å². The molecule has 2 aromatic carbocycles. The van der Waals surface area contributed by atoms with E-state index in [2.05, 4.69) is 10.2 Å². The first-order valence-corrected chi connectivity index (χ1v) is 11.0. The number of carboxylic acids is 1. The summed E-state index contributed by atoms with van der Waals surface area (Å²) < 4.78 is 68.2. The molecule has 0 bridgehead atoms. The number of ether oxygens (including phenoxy) is 2. The van der Waals surface area contributed by atoms with Crippen LogP contribution in [0.5, 0.6) is 11.5 Å². The standard InChI is InChI=1S/C21H16ClF4N3O4S/c1-32-13-5-3-4-10(17(13)33-2)18-11-6-9(22)7-12(23)16(11)29-19(14(34-18)8-15(30)31)27-28-20(29)21(24,25)26/h3-7,14,18H,8H2,1-2H3,(H,30,31). The summed E-state index contributed by atoms with van der Waals surface area (Å²) >= 11 is 7.09. The molecule has 2 heterocycles. The molecule has 0 fully saturated rings. The van der Waals surface area contributed by atoms with Crippen molar-refractivity contribution in [2.75, 3.05) is 14.2 Å². The number of para-hydroxylation sites is 1. The minimum Gasteiger partial charge on any atom is -0.493 e. The van der Waals surface area contributed by atoms with Crippen LogP contribution in [0.4, 0.5) is 17.6 Å². The maximum absolute atomic E-state index is 15.3. The molecule has 7 nitrogen and oxygen atoms in total. The summed E-state index contributed by atoms with van der Waals surface area (Å²) in [4.78, 5) is 11.6. The number of carbonyl (C=O) groups is 1. The molecule has 2 unspecified atom stereocenters. The summed E-state index contributed by atoms with van der Waals surface area (Å²) in [6.45, 7) is 0. The number of thioether (sulfide) groups is 1. The first-order valence-electron chi connectivity index (χ1n) is 9.66. The second-order valence-corrected chi connectivity index (χ2v) is 8.97. The molecule has 1 aromatic heterocycles. The lowest BCUT2D eigenvalue weighted by atomic mass is 10.0. The van der Waals surface area contributed by atoms with Crippen molar-refractivity contribution in [1.29, 1.82) is 0 Å². The lowest BCUT2D eigenvalue weighted by Crippen LogP contribution is -2.18.